The molecule has 0 aliphatic carbocycles. The van der Waals surface area contributed by atoms with Gasteiger partial charge in [0.1, 0.15) is 11.9 Å². The van der Waals surface area contributed by atoms with E-state index in [1.165, 1.54) is 0 Å². The molecule has 2 rings (SSSR count). The van der Waals surface area contributed by atoms with E-state index in [0.29, 0.717) is 17.4 Å². The normalized spacial score (nSPS) is 13.0. The van der Waals surface area contributed by atoms with Crippen molar-refractivity contribution in [2.75, 3.05) is 0 Å². The van der Waals surface area contributed by atoms with Crippen LogP contribution in [0.2, 0.25) is 5.22 Å². The average molecular weight is 244 g/mol. The van der Waals surface area contributed by atoms with E-state index in [1.807, 2.05) is 12.3 Å². The predicted molar refractivity (Wildman–Crippen MR) is 59.2 cm³/mol. The number of hydrogen-bond donors (Lipinski definition) is 1. The Labute approximate surface area is 96.3 Å². The molecule has 1 unspecified atom stereocenters. The molecule has 15 heavy (non-hydrogen) atoms. The zero-order chi connectivity index (χ0) is 10.8. The van der Waals surface area contributed by atoms with E-state index in [2.05, 4.69) is 4.98 Å². The monoisotopic (exact) mass is 243 g/mol. The number of aryl methyl sites for hydroxylation is 1. The Morgan fingerprint density at radius 1 is 1.60 bits per heavy atom. The molecule has 80 valence electrons. The third-order valence-electron chi connectivity index (χ3n) is 1.99. The van der Waals surface area contributed by atoms with Gasteiger partial charge in [-0.15, -0.1) is 11.3 Å². The van der Waals surface area contributed by atoms with E-state index in [9.17, 15) is 5.11 Å². The fourth-order valence-corrected chi connectivity index (χ4v) is 2.09. The molecule has 0 saturated heterocycles. The van der Waals surface area contributed by atoms with Crippen LogP contribution in [-0.4, -0.2) is 10.1 Å². The Morgan fingerprint density at radius 2 is 2.40 bits per heavy atom. The molecule has 0 spiro atoms. The summed E-state index contributed by atoms with van der Waals surface area (Å²) < 4.78 is 5.12. The summed E-state index contributed by atoms with van der Waals surface area (Å²) >= 11 is 7.19. The van der Waals surface area contributed by atoms with Crippen LogP contribution in [0.15, 0.2) is 21.9 Å². The van der Waals surface area contributed by atoms with Crippen LogP contribution in [0.1, 0.15) is 22.6 Å². The highest BCUT2D eigenvalue weighted by atomic mass is 35.5. The third-order valence-corrected chi connectivity index (χ3v) is 3.02. The van der Waals surface area contributed by atoms with Gasteiger partial charge in [0.2, 0.25) is 0 Å². The Hall–Kier alpha value is -0.840. The molecule has 0 radical (unpaired) electrons. The molecule has 0 aliphatic heterocycles. The lowest BCUT2D eigenvalue weighted by molar-refractivity contribution is 0.149. The van der Waals surface area contributed by atoms with Crippen LogP contribution in [0.4, 0.5) is 0 Å². The minimum atomic E-state index is -0.681. The Kier molecular flexibility index (Phi) is 3.09. The Balaban J connectivity index is 2.06. The minimum Gasteiger partial charge on any atom is -0.447 e. The summed E-state index contributed by atoms with van der Waals surface area (Å²) in [6.07, 6.45) is -0.229. The summed E-state index contributed by atoms with van der Waals surface area (Å²) in [4.78, 5) is 4.27. The summed E-state index contributed by atoms with van der Waals surface area (Å²) in [5.41, 5.74) is 0.873. The molecule has 0 fully saturated rings. The zero-order valence-electron chi connectivity index (χ0n) is 8.11. The second-order valence-corrected chi connectivity index (χ2v) is 4.65. The molecular weight excluding hydrogens is 234 g/mol. The first-order valence-electron chi connectivity index (χ1n) is 4.49. The molecule has 0 amide bonds. The van der Waals surface area contributed by atoms with Crippen molar-refractivity contribution >= 4 is 22.9 Å². The molecule has 0 aromatic carbocycles. The second kappa shape index (κ2) is 4.35. The standard InChI is InChI=1S/C10H10ClNO2S/c1-6-12-7(5-15-6)4-8(13)9-2-3-10(11)14-9/h2-3,5,8,13H,4H2,1H3. The van der Waals surface area contributed by atoms with Crippen molar-refractivity contribution in [3.8, 4) is 0 Å². The fourth-order valence-electron chi connectivity index (χ4n) is 1.31. The molecule has 1 atom stereocenters. The second-order valence-electron chi connectivity index (χ2n) is 3.22. The van der Waals surface area contributed by atoms with Crippen LogP contribution < -0.4 is 0 Å². The van der Waals surface area contributed by atoms with Crippen molar-refractivity contribution in [3.63, 3.8) is 0 Å². The number of rotatable bonds is 3. The molecular formula is C10H10ClNO2S. The topological polar surface area (TPSA) is 46.3 Å². The smallest absolute Gasteiger partial charge is 0.193 e. The van der Waals surface area contributed by atoms with Gasteiger partial charge in [-0.2, -0.15) is 0 Å². The number of hydrogen-bond acceptors (Lipinski definition) is 4. The highest BCUT2D eigenvalue weighted by Gasteiger charge is 2.14. The number of nitrogens with zero attached hydrogens (tertiary/aromatic N) is 1. The average Bonchev–Trinajstić information content (AvgIpc) is 2.75. The van der Waals surface area contributed by atoms with Gasteiger partial charge >= 0.3 is 0 Å². The Bertz CT molecular complexity index is 452. The van der Waals surface area contributed by atoms with Crippen molar-refractivity contribution in [2.24, 2.45) is 0 Å². The Morgan fingerprint density at radius 3 is 2.93 bits per heavy atom. The lowest BCUT2D eigenvalue weighted by Gasteiger charge is -2.04. The maximum absolute atomic E-state index is 9.81. The minimum absolute atomic E-state index is 0.290. The molecule has 0 bridgehead atoms. The highest BCUT2D eigenvalue weighted by molar-refractivity contribution is 7.09. The molecule has 5 heteroatoms. The maximum Gasteiger partial charge on any atom is 0.193 e. The van der Waals surface area contributed by atoms with Gasteiger partial charge in [0.05, 0.1) is 10.7 Å². The molecule has 2 heterocycles. The largest absolute Gasteiger partial charge is 0.447 e. The van der Waals surface area contributed by atoms with Gasteiger partial charge in [0.15, 0.2) is 5.22 Å². The van der Waals surface area contributed by atoms with Gasteiger partial charge in [-0.25, -0.2) is 4.98 Å². The number of aromatic nitrogens is 1. The van der Waals surface area contributed by atoms with E-state index in [-0.39, 0.29) is 0 Å². The lowest BCUT2D eigenvalue weighted by Crippen LogP contribution is -2.00. The maximum atomic E-state index is 9.81. The predicted octanol–water partition coefficient (Wildman–Crippen LogP) is 2.97. The molecule has 3 nitrogen and oxygen atoms in total. The summed E-state index contributed by atoms with van der Waals surface area (Å²) in [7, 11) is 0. The molecule has 2 aromatic heterocycles. The van der Waals surface area contributed by atoms with Crippen LogP contribution in [-0.2, 0) is 6.42 Å². The summed E-state index contributed by atoms with van der Waals surface area (Å²) in [5, 5.41) is 13.0. The van der Waals surface area contributed by atoms with Crippen LogP contribution >= 0.6 is 22.9 Å². The quantitative estimate of drug-likeness (QED) is 0.902. The number of halogens is 1. The molecule has 1 N–H and O–H groups in total. The molecule has 0 aliphatic rings. The van der Waals surface area contributed by atoms with E-state index in [1.54, 1.807) is 23.5 Å². The van der Waals surface area contributed by atoms with Crippen LogP contribution in [0, 0.1) is 6.92 Å². The van der Waals surface area contributed by atoms with E-state index >= 15 is 0 Å². The molecule has 2 aromatic rings. The van der Waals surface area contributed by atoms with E-state index < -0.39 is 6.10 Å². The lowest BCUT2D eigenvalue weighted by atomic mass is 10.2. The van der Waals surface area contributed by atoms with Gasteiger partial charge in [-0.1, -0.05) is 0 Å². The first-order chi connectivity index (χ1) is 7.15. The van der Waals surface area contributed by atoms with E-state index in [4.69, 9.17) is 16.0 Å². The van der Waals surface area contributed by atoms with Crippen molar-refractivity contribution in [2.45, 2.75) is 19.4 Å². The SMILES string of the molecule is Cc1nc(CC(O)c2ccc(Cl)o2)cs1. The van der Waals surface area contributed by atoms with Crippen LogP contribution in [0.5, 0.6) is 0 Å². The van der Waals surface area contributed by atoms with Crippen molar-refractivity contribution < 1.29 is 9.52 Å². The summed E-state index contributed by atoms with van der Waals surface area (Å²) in [6.45, 7) is 1.93. The van der Waals surface area contributed by atoms with Crippen LogP contribution in [0.3, 0.4) is 0 Å². The van der Waals surface area contributed by atoms with Gasteiger partial charge < -0.3 is 9.52 Å². The first kappa shape index (κ1) is 10.7. The number of aliphatic hydroxyl groups is 1. The van der Waals surface area contributed by atoms with Crippen LogP contribution in [0.25, 0.3) is 0 Å². The third kappa shape index (κ3) is 2.59. The van der Waals surface area contributed by atoms with Crippen molar-refractivity contribution in [1.29, 1.82) is 0 Å². The van der Waals surface area contributed by atoms with E-state index in [0.717, 1.165) is 10.7 Å². The van der Waals surface area contributed by atoms with Gasteiger partial charge in [-0.3, -0.25) is 0 Å². The summed E-state index contributed by atoms with van der Waals surface area (Å²) in [5.74, 6) is 0.477. The zero-order valence-corrected chi connectivity index (χ0v) is 9.68. The van der Waals surface area contributed by atoms with Gasteiger partial charge in [0, 0.05) is 11.8 Å². The fraction of sp³-hybridized carbons (Fsp3) is 0.300. The number of thiazole rings is 1. The van der Waals surface area contributed by atoms with Gasteiger partial charge in [-0.05, 0) is 30.7 Å². The highest BCUT2D eigenvalue weighted by Crippen LogP contribution is 2.23. The van der Waals surface area contributed by atoms with Gasteiger partial charge in [0.25, 0.3) is 0 Å². The number of aliphatic hydroxyl groups excluding tert-OH is 1. The molecule has 0 saturated carbocycles. The van der Waals surface area contributed by atoms with Crippen molar-refractivity contribution in [1.82, 2.24) is 4.98 Å². The van der Waals surface area contributed by atoms with Crippen molar-refractivity contribution in [3.05, 3.63) is 39.2 Å². The first-order valence-corrected chi connectivity index (χ1v) is 5.75. The number of furan rings is 1. The summed E-state index contributed by atoms with van der Waals surface area (Å²) in [6, 6.07) is 3.29.